The lowest BCUT2D eigenvalue weighted by molar-refractivity contribution is 0.0843. The maximum atomic E-state index is 10.1. The Balaban J connectivity index is 1.88. The zero-order valence-electron chi connectivity index (χ0n) is 9.10. The number of aliphatic hydroxyl groups is 1. The summed E-state index contributed by atoms with van der Waals surface area (Å²) in [4.78, 5) is 4.25. The molecule has 0 unspecified atom stereocenters. The average molecular weight is 205 g/mol. The summed E-state index contributed by atoms with van der Waals surface area (Å²) in [6.07, 6.45) is 8.59. The summed E-state index contributed by atoms with van der Waals surface area (Å²) in [5.41, 5.74) is 1.01. The molecule has 1 fully saturated rings. The van der Waals surface area contributed by atoms with Gasteiger partial charge in [-0.25, -0.2) is 0 Å². The Hall–Kier alpha value is -0.890. The highest BCUT2D eigenvalue weighted by Gasteiger charge is 2.21. The molecule has 1 aromatic rings. The van der Waals surface area contributed by atoms with Crippen molar-refractivity contribution in [3.8, 4) is 0 Å². The maximum Gasteiger partial charge on any atom is 0.0623 e. The third-order valence-electron chi connectivity index (χ3n) is 3.34. The highest BCUT2D eigenvalue weighted by atomic mass is 16.3. The lowest BCUT2D eigenvalue weighted by Crippen LogP contribution is -2.25. The summed E-state index contributed by atoms with van der Waals surface area (Å²) in [7, 11) is 0. The van der Waals surface area contributed by atoms with Crippen LogP contribution in [0.3, 0.4) is 0 Å². The SMILES string of the molecule is O[C@H](Cc1ccccn1)C1CCCCC1. The Morgan fingerprint density at radius 1 is 1.27 bits per heavy atom. The van der Waals surface area contributed by atoms with Gasteiger partial charge in [0.25, 0.3) is 0 Å². The molecule has 1 atom stereocenters. The van der Waals surface area contributed by atoms with Crippen LogP contribution in [0.2, 0.25) is 0 Å². The smallest absolute Gasteiger partial charge is 0.0623 e. The minimum atomic E-state index is -0.194. The summed E-state index contributed by atoms with van der Waals surface area (Å²) in [6.45, 7) is 0. The zero-order valence-corrected chi connectivity index (χ0v) is 9.10. The van der Waals surface area contributed by atoms with Gasteiger partial charge in [0.05, 0.1) is 6.10 Å². The highest BCUT2D eigenvalue weighted by molar-refractivity contribution is 5.05. The third-order valence-corrected chi connectivity index (χ3v) is 3.34. The van der Waals surface area contributed by atoms with Crippen LogP contribution in [-0.4, -0.2) is 16.2 Å². The van der Waals surface area contributed by atoms with Gasteiger partial charge in [0.2, 0.25) is 0 Å². The van der Waals surface area contributed by atoms with Crippen LogP contribution in [0.1, 0.15) is 37.8 Å². The Labute approximate surface area is 91.4 Å². The van der Waals surface area contributed by atoms with Crippen molar-refractivity contribution in [3.05, 3.63) is 30.1 Å². The van der Waals surface area contributed by atoms with E-state index in [9.17, 15) is 5.11 Å². The molecule has 1 aliphatic rings. The summed E-state index contributed by atoms with van der Waals surface area (Å²) in [6, 6.07) is 5.89. The van der Waals surface area contributed by atoms with Crippen molar-refractivity contribution in [2.24, 2.45) is 5.92 Å². The predicted octanol–water partition coefficient (Wildman–Crippen LogP) is 2.57. The highest BCUT2D eigenvalue weighted by Crippen LogP contribution is 2.27. The van der Waals surface area contributed by atoms with Gasteiger partial charge in [-0.3, -0.25) is 4.98 Å². The van der Waals surface area contributed by atoms with E-state index >= 15 is 0 Å². The third kappa shape index (κ3) is 3.03. The molecule has 0 spiro atoms. The molecule has 0 aromatic carbocycles. The van der Waals surface area contributed by atoms with Crippen molar-refractivity contribution in [2.75, 3.05) is 0 Å². The van der Waals surface area contributed by atoms with E-state index in [0.717, 1.165) is 5.69 Å². The van der Waals surface area contributed by atoms with Gasteiger partial charge in [0.15, 0.2) is 0 Å². The molecule has 0 radical (unpaired) electrons. The maximum absolute atomic E-state index is 10.1. The number of pyridine rings is 1. The molecule has 0 amide bonds. The molecule has 1 N–H and O–H groups in total. The van der Waals surface area contributed by atoms with Crippen LogP contribution in [0, 0.1) is 5.92 Å². The lowest BCUT2D eigenvalue weighted by atomic mass is 9.84. The van der Waals surface area contributed by atoms with E-state index in [4.69, 9.17) is 0 Å². The van der Waals surface area contributed by atoms with Gasteiger partial charge in [-0.1, -0.05) is 25.3 Å². The zero-order chi connectivity index (χ0) is 10.5. The van der Waals surface area contributed by atoms with Crippen LogP contribution >= 0.6 is 0 Å². The topological polar surface area (TPSA) is 33.1 Å². The fraction of sp³-hybridized carbons (Fsp3) is 0.615. The lowest BCUT2D eigenvalue weighted by Gasteiger charge is -2.26. The quantitative estimate of drug-likeness (QED) is 0.822. The first-order valence-electron chi connectivity index (χ1n) is 5.94. The van der Waals surface area contributed by atoms with Crippen molar-refractivity contribution in [2.45, 2.75) is 44.6 Å². The monoisotopic (exact) mass is 205 g/mol. The van der Waals surface area contributed by atoms with Gasteiger partial charge < -0.3 is 5.11 Å². The first kappa shape index (κ1) is 10.6. The van der Waals surface area contributed by atoms with Crippen molar-refractivity contribution < 1.29 is 5.11 Å². The minimum Gasteiger partial charge on any atom is -0.392 e. The molecule has 2 heteroatoms. The first-order chi connectivity index (χ1) is 7.36. The van der Waals surface area contributed by atoms with Crippen LogP contribution in [0.25, 0.3) is 0 Å². The number of hydrogen-bond donors (Lipinski definition) is 1. The first-order valence-corrected chi connectivity index (χ1v) is 5.94. The second kappa shape index (κ2) is 5.26. The van der Waals surface area contributed by atoms with Gasteiger partial charge in [-0.15, -0.1) is 0 Å². The molecular formula is C13H19NO. The van der Waals surface area contributed by atoms with Gasteiger partial charge in [-0.05, 0) is 30.9 Å². The minimum absolute atomic E-state index is 0.194. The molecule has 1 aliphatic carbocycles. The molecule has 1 aromatic heterocycles. The Morgan fingerprint density at radius 3 is 2.73 bits per heavy atom. The molecule has 15 heavy (non-hydrogen) atoms. The van der Waals surface area contributed by atoms with Crippen molar-refractivity contribution in [1.82, 2.24) is 4.98 Å². The second-order valence-electron chi connectivity index (χ2n) is 4.49. The van der Waals surface area contributed by atoms with E-state index in [1.165, 1.54) is 32.1 Å². The van der Waals surface area contributed by atoms with Gasteiger partial charge >= 0.3 is 0 Å². The Bertz CT molecular complexity index is 280. The largest absolute Gasteiger partial charge is 0.392 e. The Morgan fingerprint density at radius 2 is 2.07 bits per heavy atom. The van der Waals surface area contributed by atoms with Gasteiger partial charge in [0, 0.05) is 18.3 Å². The molecule has 1 saturated carbocycles. The molecule has 2 nitrogen and oxygen atoms in total. The van der Waals surface area contributed by atoms with Crippen LogP contribution in [-0.2, 0) is 6.42 Å². The molecule has 0 bridgehead atoms. The molecule has 82 valence electrons. The van der Waals surface area contributed by atoms with Crippen LogP contribution < -0.4 is 0 Å². The summed E-state index contributed by atoms with van der Waals surface area (Å²) >= 11 is 0. The molecule has 1 heterocycles. The standard InChI is InChI=1S/C13H19NO/c15-13(11-6-2-1-3-7-11)10-12-8-4-5-9-14-12/h4-5,8-9,11,13,15H,1-3,6-7,10H2/t13-/m1/s1. The van der Waals surface area contributed by atoms with Gasteiger partial charge in [-0.2, -0.15) is 0 Å². The van der Waals surface area contributed by atoms with Gasteiger partial charge in [0.1, 0.15) is 0 Å². The number of rotatable bonds is 3. The molecule has 0 saturated heterocycles. The molecular weight excluding hydrogens is 186 g/mol. The van der Waals surface area contributed by atoms with E-state index in [-0.39, 0.29) is 6.10 Å². The van der Waals surface area contributed by atoms with Crippen LogP contribution in [0.4, 0.5) is 0 Å². The number of hydrogen-bond acceptors (Lipinski definition) is 2. The van der Waals surface area contributed by atoms with E-state index in [1.807, 2.05) is 18.2 Å². The fourth-order valence-corrected chi connectivity index (χ4v) is 2.42. The van der Waals surface area contributed by atoms with Crippen LogP contribution in [0.15, 0.2) is 24.4 Å². The summed E-state index contributed by atoms with van der Waals surface area (Å²) in [5, 5.41) is 10.1. The number of nitrogens with zero attached hydrogens (tertiary/aromatic N) is 1. The van der Waals surface area contributed by atoms with Crippen molar-refractivity contribution in [1.29, 1.82) is 0 Å². The average Bonchev–Trinajstić information content (AvgIpc) is 2.31. The van der Waals surface area contributed by atoms with E-state index in [0.29, 0.717) is 12.3 Å². The second-order valence-corrected chi connectivity index (χ2v) is 4.49. The van der Waals surface area contributed by atoms with E-state index in [1.54, 1.807) is 6.20 Å². The summed E-state index contributed by atoms with van der Waals surface area (Å²) in [5.74, 6) is 0.501. The summed E-state index contributed by atoms with van der Waals surface area (Å²) < 4.78 is 0. The number of aromatic nitrogens is 1. The molecule has 0 aliphatic heterocycles. The van der Waals surface area contributed by atoms with E-state index < -0.39 is 0 Å². The normalized spacial score (nSPS) is 20.1. The predicted molar refractivity (Wildman–Crippen MR) is 60.5 cm³/mol. The molecule has 2 rings (SSSR count). The van der Waals surface area contributed by atoms with Crippen LogP contribution in [0.5, 0.6) is 0 Å². The van der Waals surface area contributed by atoms with E-state index in [2.05, 4.69) is 4.98 Å². The van der Waals surface area contributed by atoms with Crippen molar-refractivity contribution >= 4 is 0 Å². The fourth-order valence-electron chi connectivity index (χ4n) is 2.42. The van der Waals surface area contributed by atoms with Crippen molar-refractivity contribution in [3.63, 3.8) is 0 Å². The number of aliphatic hydroxyl groups excluding tert-OH is 1. The Kier molecular flexibility index (Phi) is 3.73.